The standard InChI is InChI=1S/C10H11NO.2ClH/c11-10(12)9-5-4-7-2-1-3-8(7)6-9;;/h4-6H,1-3H2,(H2,11,12);2*1H. The van der Waals surface area contributed by atoms with Crippen LogP contribution in [0.15, 0.2) is 18.2 Å². The second-order valence-corrected chi connectivity index (χ2v) is 3.20. The van der Waals surface area contributed by atoms with Crippen molar-refractivity contribution in [1.29, 1.82) is 0 Å². The van der Waals surface area contributed by atoms with E-state index in [0.29, 0.717) is 5.56 Å². The predicted molar refractivity (Wildman–Crippen MR) is 61.5 cm³/mol. The highest BCUT2D eigenvalue weighted by molar-refractivity contribution is 5.93. The number of hydrogen-bond donors (Lipinski definition) is 1. The molecule has 4 heteroatoms. The average molecular weight is 234 g/mol. The summed E-state index contributed by atoms with van der Waals surface area (Å²) in [6.07, 6.45) is 3.45. The Morgan fingerprint density at radius 1 is 1.14 bits per heavy atom. The molecule has 1 amide bonds. The summed E-state index contributed by atoms with van der Waals surface area (Å²) >= 11 is 0. The highest BCUT2D eigenvalue weighted by Crippen LogP contribution is 2.22. The Morgan fingerprint density at radius 3 is 2.43 bits per heavy atom. The van der Waals surface area contributed by atoms with E-state index < -0.39 is 0 Å². The number of carbonyl (C=O) groups is 1. The fourth-order valence-corrected chi connectivity index (χ4v) is 1.73. The number of halogens is 2. The maximum absolute atomic E-state index is 10.8. The van der Waals surface area contributed by atoms with Gasteiger partial charge < -0.3 is 5.73 Å². The number of amides is 1. The molecule has 0 heterocycles. The molecule has 2 nitrogen and oxygen atoms in total. The van der Waals surface area contributed by atoms with Crippen LogP contribution < -0.4 is 5.73 Å². The van der Waals surface area contributed by atoms with Crippen LogP contribution in [0.25, 0.3) is 0 Å². The summed E-state index contributed by atoms with van der Waals surface area (Å²) in [6, 6.07) is 5.75. The van der Waals surface area contributed by atoms with Gasteiger partial charge in [-0.3, -0.25) is 4.79 Å². The maximum Gasteiger partial charge on any atom is 0.248 e. The van der Waals surface area contributed by atoms with Crippen molar-refractivity contribution in [2.45, 2.75) is 19.3 Å². The molecule has 0 aliphatic heterocycles. The SMILES string of the molecule is Cl.Cl.NC(=O)c1ccc2c(c1)CCC2. The van der Waals surface area contributed by atoms with E-state index >= 15 is 0 Å². The smallest absolute Gasteiger partial charge is 0.248 e. The number of fused-ring (bicyclic) bond motifs is 1. The summed E-state index contributed by atoms with van der Waals surface area (Å²) < 4.78 is 0. The Morgan fingerprint density at radius 2 is 1.79 bits per heavy atom. The van der Waals surface area contributed by atoms with Gasteiger partial charge in [0, 0.05) is 5.56 Å². The van der Waals surface area contributed by atoms with Crippen LogP contribution in [-0.2, 0) is 12.8 Å². The normalized spacial score (nSPS) is 12.3. The summed E-state index contributed by atoms with van der Waals surface area (Å²) in [5, 5.41) is 0. The van der Waals surface area contributed by atoms with Crippen molar-refractivity contribution in [2.75, 3.05) is 0 Å². The molecule has 2 N–H and O–H groups in total. The Labute approximate surface area is 95.7 Å². The van der Waals surface area contributed by atoms with Crippen LogP contribution in [0.1, 0.15) is 27.9 Å². The molecule has 2 rings (SSSR count). The van der Waals surface area contributed by atoms with E-state index in [1.807, 2.05) is 18.2 Å². The van der Waals surface area contributed by atoms with E-state index in [0.717, 1.165) is 12.8 Å². The molecule has 1 aliphatic rings. The van der Waals surface area contributed by atoms with Gasteiger partial charge in [0.25, 0.3) is 0 Å². The van der Waals surface area contributed by atoms with Gasteiger partial charge in [0.1, 0.15) is 0 Å². The quantitative estimate of drug-likeness (QED) is 0.794. The number of primary amides is 1. The minimum absolute atomic E-state index is 0. The highest BCUT2D eigenvalue weighted by atomic mass is 35.5. The molecule has 0 aromatic heterocycles. The zero-order valence-electron chi connectivity index (χ0n) is 7.66. The Kier molecular flexibility index (Phi) is 4.95. The molecular weight excluding hydrogens is 221 g/mol. The summed E-state index contributed by atoms with van der Waals surface area (Å²) in [7, 11) is 0. The molecule has 0 radical (unpaired) electrons. The van der Waals surface area contributed by atoms with Gasteiger partial charge in [0.05, 0.1) is 0 Å². The van der Waals surface area contributed by atoms with Gasteiger partial charge in [0.15, 0.2) is 0 Å². The minimum Gasteiger partial charge on any atom is -0.366 e. The van der Waals surface area contributed by atoms with E-state index in [1.165, 1.54) is 17.5 Å². The van der Waals surface area contributed by atoms with Crippen LogP contribution in [0.2, 0.25) is 0 Å². The van der Waals surface area contributed by atoms with Gasteiger partial charge in [-0.15, -0.1) is 24.8 Å². The van der Waals surface area contributed by atoms with Crippen molar-refractivity contribution >= 4 is 30.7 Å². The molecule has 0 bridgehead atoms. The van der Waals surface area contributed by atoms with Crippen molar-refractivity contribution in [3.05, 3.63) is 34.9 Å². The highest BCUT2D eigenvalue weighted by Gasteiger charge is 2.11. The van der Waals surface area contributed by atoms with Gasteiger partial charge in [0.2, 0.25) is 5.91 Å². The van der Waals surface area contributed by atoms with Crippen LogP contribution in [0.5, 0.6) is 0 Å². The first-order chi connectivity index (χ1) is 5.77. The van der Waals surface area contributed by atoms with Crippen molar-refractivity contribution < 1.29 is 4.79 Å². The van der Waals surface area contributed by atoms with Gasteiger partial charge >= 0.3 is 0 Å². The monoisotopic (exact) mass is 233 g/mol. The zero-order chi connectivity index (χ0) is 8.55. The van der Waals surface area contributed by atoms with Gasteiger partial charge in [-0.2, -0.15) is 0 Å². The molecular formula is C10H13Cl2NO. The van der Waals surface area contributed by atoms with Crippen LogP contribution in [-0.4, -0.2) is 5.91 Å². The van der Waals surface area contributed by atoms with Crippen molar-refractivity contribution in [1.82, 2.24) is 0 Å². The number of rotatable bonds is 1. The molecule has 0 saturated heterocycles. The lowest BCUT2D eigenvalue weighted by atomic mass is 10.1. The fourth-order valence-electron chi connectivity index (χ4n) is 1.73. The zero-order valence-corrected chi connectivity index (χ0v) is 9.29. The van der Waals surface area contributed by atoms with Gasteiger partial charge in [-0.25, -0.2) is 0 Å². The molecule has 1 aromatic rings. The predicted octanol–water partition coefficient (Wildman–Crippen LogP) is 2.12. The molecule has 78 valence electrons. The molecule has 0 atom stereocenters. The minimum atomic E-state index is -0.329. The van der Waals surface area contributed by atoms with E-state index in [4.69, 9.17) is 5.73 Å². The number of nitrogens with two attached hydrogens (primary N) is 1. The second-order valence-electron chi connectivity index (χ2n) is 3.20. The molecule has 0 fully saturated rings. The van der Waals surface area contributed by atoms with Crippen molar-refractivity contribution in [2.24, 2.45) is 5.73 Å². The van der Waals surface area contributed by atoms with Crippen LogP contribution in [0, 0.1) is 0 Å². The Bertz CT molecular complexity index is 339. The van der Waals surface area contributed by atoms with Gasteiger partial charge in [-0.05, 0) is 42.5 Å². The largest absolute Gasteiger partial charge is 0.366 e. The summed E-state index contributed by atoms with van der Waals surface area (Å²) in [5.74, 6) is -0.329. The topological polar surface area (TPSA) is 43.1 Å². The second kappa shape index (κ2) is 5.23. The van der Waals surface area contributed by atoms with Crippen molar-refractivity contribution in [3.8, 4) is 0 Å². The molecule has 0 saturated carbocycles. The third-order valence-electron chi connectivity index (χ3n) is 2.38. The number of hydrogen-bond acceptors (Lipinski definition) is 1. The first kappa shape index (κ1) is 13.3. The summed E-state index contributed by atoms with van der Waals surface area (Å²) in [4.78, 5) is 10.8. The van der Waals surface area contributed by atoms with Crippen molar-refractivity contribution in [3.63, 3.8) is 0 Å². The molecule has 0 unspecified atom stereocenters. The van der Waals surface area contributed by atoms with Crippen LogP contribution in [0.3, 0.4) is 0 Å². The lowest BCUT2D eigenvalue weighted by Crippen LogP contribution is -2.11. The molecule has 1 aromatic carbocycles. The van der Waals surface area contributed by atoms with E-state index in [-0.39, 0.29) is 30.7 Å². The van der Waals surface area contributed by atoms with Crippen LogP contribution in [0.4, 0.5) is 0 Å². The maximum atomic E-state index is 10.8. The molecule has 1 aliphatic carbocycles. The number of aryl methyl sites for hydroxylation is 2. The Balaban J connectivity index is 0.000000845. The third kappa shape index (κ3) is 2.40. The Hall–Kier alpha value is -0.730. The van der Waals surface area contributed by atoms with E-state index in [1.54, 1.807) is 0 Å². The molecule has 0 spiro atoms. The summed E-state index contributed by atoms with van der Waals surface area (Å²) in [5.41, 5.74) is 8.48. The lowest BCUT2D eigenvalue weighted by Gasteiger charge is -2.00. The summed E-state index contributed by atoms with van der Waals surface area (Å²) in [6.45, 7) is 0. The first-order valence-electron chi connectivity index (χ1n) is 4.19. The van der Waals surface area contributed by atoms with Gasteiger partial charge in [-0.1, -0.05) is 6.07 Å². The first-order valence-corrected chi connectivity index (χ1v) is 4.19. The van der Waals surface area contributed by atoms with Crippen LogP contribution >= 0.6 is 24.8 Å². The fraction of sp³-hybridized carbons (Fsp3) is 0.300. The number of carbonyl (C=O) groups excluding carboxylic acids is 1. The van der Waals surface area contributed by atoms with E-state index in [2.05, 4.69) is 0 Å². The lowest BCUT2D eigenvalue weighted by molar-refractivity contribution is 0.1000. The number of benzene rings is 1. The molecule has 14 heavy (non-hydrogen) atoms. The van der Waals surface area contributed by atoms with E-state index in [9.17, 15) is 4.79 Å². The average Bonchev–Trinajstić information content (AvgIpc) is 2.49. The third-order valence-corrected chi connectivity index (χ3v) is 2.38.